The Labute approximate surface area is 103 Å². The lowest BCUT2D eigenvalue weighted by Gasteiger charge is -2.08. The summed E-state index contributed by atoms with van der Waals surface area (Å²) in [5.74, 6) is 0.945. The van der Waals surface area contributed by atoms with Crippen LogP contribution in [0.2, 0.25) is 0 Å². The van der Waals surface area contributed by atoms with Crippen LogP contribution >= 0.6 is 15.9 Å². The summed E-state index contributed by atoms with van der Waals surface area (Å²) in [5, 5.41) is 9.24. The lowest BCUT2D eigenvalue weighted by Crippen LogP contribution is -1.95. The Balaban J connectivity index is 2.05. The first kappa shape index (κ1) is 11.0. The van der Waals surface area contributed by atoms with Crippen molar-refractivity contribution < 1.29 is 9.84 Å². The van der Waals surface area contributed by atoms with Gasteiger partial charge in [0, 0.05) is 0 Å². The van der Waals surface area contributed by atoms with Gasteiger partial charge in [0.2, 0.25) is 0 Å². The number of phenols is 1. The summed E-state index contributed by atoms with van der Waals surface area (Å²) in [4.78, 5) is 0. The molecule has 0 unspecified atom stereocenters. The standard InChI is InChI=1S/C13H11BrO2/c14-12-8-11(15)6-7-13(12)16-9-10-4-2-1-3-5-10/h1-8,15H,9H2. The maximum atomic E-state index is 9.24. The molecule has 0 atom stereocenters. The van der Waals surface area contributed by atoms with Crippen molar-refractivity contribution in [2.24, 2.45) is 0 Å². The van der Waals surface area contributed by atoms with Gasteiger partial charge < -0.3 is 9.84 Å². The van der Waals surface area contributed by atoms with Gasteiger partial charge in [0.25, 0.3) is 0 Å². The second kappa shape index (κ2) is 5.03. The summed E-state index contributed by atoms with van der Waals surface area (Å²) >= 11 is 3.34. The van der Waals surface area contributed by atoms with E-state index in [0.29, 0.717) is 6.61 Å². The summed E-state index contributed by atoms with van der Waals surface area (Å²) in [6, 6.07) is 14.9. The molecule has 16 heavy (non-hydrogen) atoms. The minimum atomic E-state index is 0.221. The molecule has 0 fully saturated rings. The van der Waals surface area contributed by atoms with E-state index in [1.54, 1.807) is 18.2 Å². The number of benzene rings is 2. The van der Waals surface area contributed by atoms with E-state index in [1.165, 1.54) is 0 Å². The van der Waals surface area contributed by atoms with Gasteiger partial charge in [0.1, 0.15) is 18.1 Å². The van der Waals surface area contributed by atoms with Crippen molar-refractivity contribution in [3.8, 4) is 11.5 Å². The van der Waals surface area contributed by atoms with Gasteiger partial charge in [-0.3, -0.25) is 0 Å². The first-order valence-corrected chi connectivity index (χ1v) is 5.70. The van der Waals surface area contributed by atoms with E-state index in [1.807, 2.05) is 30.3 Å². The highest BCUT2D eigenvalue weighted by Gasteiger charge is 2.02. The lowest BCUT2D eigenvalue weighted by molar-refractivity contribution is 0.303. The molecular formula is C13H11BrO2. The van der Waals surface area contributed by atoms with Gasteiger partial charge in [-0.25, -0.2) is 0 Å². The average molecular weight is 279 g/mol. The first-order valence-electron chi connectivity index (χ1n) is 4.91. The van der Waals surface area contributed by atoms with Crippen LogP contribution in [0.3, 0.4) is 0 Å². The van der Waals surface area contributed by atoms with Crippen molar-refractivity contribution >= 4 is 15.9 Å². The maximum absolute atomic E-state index is 9.24. The predicted octanol–water partition coefficient (Wildman–Crippen LogP) is 3.73. The second-order valence-electron chi connectivity index (χ2n) is 3.39. The molecule has 0 aliphatic carbocycles. The molecule has 0 saturated heterocycles. The molecule has 0 spiro atoms. The largest absolute Gasteiger partial charge is 0.508 e. The highest BCUT2D eigenvalue weighted by molar-refractivity contribution is 9.10. The highest BCUT2D eigenvalue weighted by Crippen LogP contribution is 2.29. The molecular weight excluding hydrogens is 268 g/mol. The minimum Gasteiger partial charge on any atom is -0.508 e. The fourth-order valence-corrected chi connectivity index (χ4v) is 1.82. The molecule has 2 rings (SSSR count). The summed E-state index contributed by atoms with van der Waals surface area (Å²) in [7, 11) is 0. The molecule has 0 aliphatic rings. The molecule has 0 aliphatic heterocycles. The van der Waals surface area contributed by atoms with Crippen LogP contribution in [-0.2, 0) is 6.61 Å². The molecule has 2 aromatic rings. The maximum Gasteiger partial charge on any atom is 0.134 e. The number of phenolic OH excluding ortho intramolecular Hbond substituents is 1. The van der Waals surface area contributed by atoms with Gasteiger partial charge in [0.15, 0.2) is 0 Å². The van der Waals surface area contributed by atoms with E-state index in [-0.39, 0.29) is 5.75 Å². The van der Waals surface area contributed by atoms with Gasteiger partial charge >= 0.3 is 0 Å². The van der Waals surface area contributed by atoms with Crippen molar-refractivity contribution in [3.05, 3.63) is 58.6 Å². The Bertz CT molecular complexity index is 469. The molecule has 0 heterocycles. The Morgan fingerprint density at radius 1 is 1.06 bits per heavy atom. The number of rotatable bonds is 3. The van der Waals surface area contributed by atoms with E-state index in [0.717, 1.165) is 15.8 Å². The Morgan fingerprint density at radius 2 is 1.81 bits per heavy atom. The van der Waals surface area contributed by atoms with Gasteiger partial charge in [-0.15, -0.1) is 0 Å². The van der Waals surface area contributed by atoms with Gasteiger partial charge in [-0.2, -0.15) is 0 Å². The summed E-state index contributed by atoms with van der Waals surface area (Å²) in [6.45, 7) is 0.518. The summed E-state index contributed by atoms with van der Waals surface area (Å²) < 4.78 is 6.37. The number of hydrogen-bond acceptors (Lipinski definition) is 2. The molecule has 0 radical (unpaired) electrons. The number of halogens is 1. The topological polar surface area (TPSA) is 29.5 Å². The van der Waals surface area contributed by atoms with Crippen LogP contribution in [0.25, 0.3) is 0 Å². The molecule has 0 saturated carbocycles. The second-order valence-corrected chi connectivity index (χ2v) is 4.24. The highest BCUT2D eigenvalue weighted by atomic mass is 79.9. The van der Waals surface area contributed by atoms with Gasteiger partial charge in [0.05, 0.1) is 4.47 Å². The third kappa shape index (κ3) is 2.76. The van der Waals surface area contributed by atoms with E-state index >= 15 is 0 Å². The smallest absolute Gasteiger partial charge is 0.134 e. The molecule has 2 aromatic carbocycles. The fraction of sp³-hybridized carbons (Fsp3) is 0.0769. The van der Waals surface area contributed by atoms with E-state index in [4.69, 9.17) is 4.74 Å². The Morgan fingerprint density at radius 3 is 2.50 bits per heavy atom. The van der Waals surface area contributed by atoms with Crippen LogP contribution in [0, 0.1) is 0 Å². The predicted molar refractivity (Wildman–Crippen MR) is 66.6 cm³/mol. The molecule has 0 aromatic heterocycles. The molecule has 0 bridgehead atoms. The van der Waals surface area contributed by atoms with Crippen molar-refractivity contribution in [1.82, 2.24) is 0 Å². The Hall–Kier alpha value is -1.48. The zero-order chi connectivity index (χ0) is 11.4. The van der Waals surface area contributed by atoms with Crippen LogP contribution in [0.5, 0.6) is 11.5 Å². The van der Waals surface area contributed by atoms with Crippen LogP contribution < -0.4 is 4.74 Å². The van der Waals surface area contributed by atoms with Crippen molar-refractivity contribution in [3.63, 3.8) is 0 Å². The summed E-state index contributed by atoms with van der Waals surface area (Å²) in [5.41, 5.74) is 1.11. The van der Waals surface area contributed by atoms with Gasteiger partial charge in [-0.1, -0.05) is 30.3 Å². The van der Waals surface area contributed by atoms with Gasteiger partial charge in [-0.05, 0) is 39.7 Å². The van der Waals surface area contributed by atoms with Crippen molar-refractivity contribution in [2.45, 2.75) is 6.61 Å². The van der Waals surface area contributed by atoms with Crippen molar-refractivity contribution in [1.29, 1.82) is 0 Å². The molecule has 0 amide bonds. The number of hydrogen-bond donors (Lipinski definition) is 1. The molecule has 1 N–H and O–H groups in total. The van der Waals surface area contributed by atoms with Crippen LogP contribution in [0.4, 0.5) is 0 Å². The average Bonchev–Trinajstić information content (AvgIpc) is 2.29. The minimum absolute atomic E-state index is 0.221. The first-order chi connectivity index (χ1) is 7.75. The zero-order valence-electron chi connectivity index (χ0n) is 8.56. The molecule has 3 heteroatoms. The quantitative estimate of drug-likeness (QED) is 0.927. The van der Waals surface area contributed by atoms with E-state index < -0.39 is 0 Å². The Kier molecular flexibility index (Phi) is 3.47. The number of aromatic hydroxyl groups is 1. The summed E-state index contributed by atoms with van der Waals surface area (Å²) in [6.07, 6.45) is 0. The van der Waals surface area contributed by atoms with E-state index in [9.17, 15) is 5.11 Å². The fourth-order valence-electron chi connectivity index (χ4n) is 1.34. The van der Waals surface area contributed by atoms with Crippen LogP contribution in [0.15, 0.2) is 53.0 Å². The normalized spacial score (nSPS) is 10.1. The third-order valence-electron chi connectivity index (χ3n) is 2.15. The van der Waals surface area contributed by atoms with Crippen LogP contribution in [0.1, 0.15) is 5.56 Å². The van der Waals surface area contributed by atoms with Crippen molar-refractivity contribution in [2.75, 3.05) is 0 Å². The monoisotopic (exact) mass is 278 g/mol. The molecule has 2 nitrogen and oxygen atoms in total. The number of ether oxygens (including phenoxy) is 1. The van der Waals surface area contributed by atoms with Crippen LogP contribution in [-0.4, -0.2) is 5.11 Å². The zero-order valence-corrected chi connectivity index (χ0v) is 10.1. The SMILES string of the molecule is Oc1ccc(OCc2ccccc2)c(Br)c1. The third-order valence-corrected chi connectivity index (χ3v) is 2.77. The lowest BCUT2D eigenvalue weighted by atomic mass is 10.2. The van der Waals surface area contributed by atoms with E-state index in [2.05, 4.69) is 15.9 Å². The molecule has 82 valence electrons.